The summed E-state index contributed by atoms with van der Waals surface area (Å²) in [5, 5.41) is 11.3. The minimum Gasteiger partial charge on any atom is -0.317 e. The highest BCUT2D eigenvalue weighted by Crippen LogP contribution is 2.17. The first-order valence-corrected chi connectivity index (χ1v) is 5.85. The summed E-state index contributed by atoms with van der Waals surface area (Å²) in [6.45, 7) is 5.79. The second-order valence-electron chi connectivity index (χ2n) is 4.58. The van der Waals surface area contributed by atoms with Crippen LogP contribution in [-0.2, 0) is 0 Å². The molecule has 2 heterocycles. The van der Waals surface area contributed by atoms with Gasteiger partial charge >= 0.3 is 0 Å². The van der Waals surface area contributed by atoms with E-state index in [4.69, 9.17) is 0 Å². The Morgan fingerprint density at radius 3 is 2.81 bits per heavy atom. The van der Waals surface area contributed by atoms with Crippen LogP contribution in [0.2, 0.25) is 0 Å². The number of nitrogens with one attached hydrogen (secondary N) is 1. The summed E-state index contributed by atoms with van der Waals surface area (Å²) < 4.78 is 1.84. The lowest BCUT2D eigenvalue weighted by molar-refractivity contribution is 0.0934. The molecule has 16 heavy (non-hydrogen) atoms. The molecule has 1 aliphatic rings. The molecule has 0 aliphatic carbocycles. The Morgan fingerprint density at radius 1 is 1.50 bits per heavy atom. The minimum atomic E-state index is -0.0156. The number of carbonyl (C=O) groups excluding carboxylic acids is 1. The van der Waals surface area contributed by atoms with Crippen molar-refractivity contribution >= 4 is 5.78 Å². The molecule has 0 aromatic carbocycles. The number of hydrogen-bond acceptors (Lipinski definition) is 4. The minimum absolute atomic E-state index is 0.0156. The van der Waals surface area contributed by atoms with Crippen molar-refractivity contribution in [3.63, 3.8) is 0 Å². The molecule has 1 aromatic heterocycles. The van der Waals surface area contributed by atoms with E-state index in [1.807, 2.05) is 18.5 Å². The predicted molar refractivity (Wildman–Crippen MR) is 60.3 cm³/mol. The van der Waals surface area contributed by atoms with E-state index in [-0.39, 0.29) is 11.7 Å². The van der Waals surface area contributed by atoms with E-state index < -0.39 is 0 Å². The molecular formula is C11H18N4O. The molecule has 5 heteroatoms. The van der Waals surface area contributed by atoms with Gasteiger partial charge in [0.15, 0.2) is 5.78 Å². The molecule has 0 unspecified atom stereocenters. The Bertz CT molecular complexity index is 366. The standard InChI is InChI=1S/C11H18N4O/c1-8(2)11(16)10-7-15(14-13-10)9-3-5-12-6-4-9/h7-9,12H,3-6H2,1-2H3. The van der Waals surface area contributed by atoms with Gasteiger partial charge in [-0.05, 0) is 25.9 Å². The Balaban J connectivity index is 2.09. The fraction of sp³-hybridized carbons (Fsp3) is 0.727. The smallest absolute Gasteiger partial charge is 0.187 e. The van der Waals surface area contributed by atoms with Gasteiger partial charge in [-0.1, -0.05) is 19.1 Å². The molecule has 1 saturated heterocycles. The summed E-state index contributed by atoms with van der Waals surface area (Å²) in [4.78, 5) is 11.7. The highest BCUT2D eigenvalue weighted by molar-refractivity contribution is 5.95. The number of piperidine rings is 1. The van der Waals surface area contributed by atoms with Crippen molar-refractivity contribution < 1.29 is 4.79 Å². The van der Waals surface area contributed by atoms with Gasteiger partial charge in [0.25, 0.3) is 0 Å². The van der Waals surface area contributed by atoms with Gasteiger partial charge in [0, 0.05) is 5.92 Å². The van der Waals surface area contributed by atoms with E-state index in [0.29, 0.717) is 11.7 Å². The van der Waals surface area contributed by atoms with Gasteiger partial charge in [0.05, 0.1) is 12.2 Å². The first-order valence-electron chi connectivity index (χ1n) is 5.85. The molecule has 2 rings (SSSR count). The summed E-state index contributed by atoms with van der Waals surface area (Å²) in [5.41, 5.74) is 0.494. The first kappa shape index (κ1) is 11.3. The van der Waals surface area contributed by atoms with Crippen LogP contribution in [0.5, 0.6) is 0 Å². The zero-order chi connectivity index (χ0) is 11.5. The topological polar surface area (TPSA) is 59.8 Å². The Hall–Kier alpha value is -1.23. The van der Waals surface area contributed by atoms with Gasteiger partial charge in [-0.25, -0.2) is 4.68 Å². The van der Waals surface area contributed by atoms with Crippen molar-refractivity contribution in [3.8, 4) is 0 Å². The second-order valence-corrected chi connectivity index (χ2v) is 4.58. The highest BCUT2D eigenvalue weighted by atomic mass is 16.1. The van der Waals surface area contributed by atoms with Crippen molar-refractivity contribution in [1.82, 2.24) is 20.3 Å². The molecule has 0 saturated carbocycles. The van der Waals surface area contributed by atoms with Crippen LogP contribution < -0.4 is 5.32 Å². The van der Waals surface area contributed by atoms with Crippen molar-refractivity contribution in [2.75, 3.05) is 13.1 Å². The average molecular weight is 222 g/mol. The molecule has 88 valence electrons. The normalized spacial score (nSPS) is 17.9. The Labute approximate surface area is 95.2 Å². The van der Waals surface area contributed by atoms with E-state index in [9.17, 15) is 4.79 Å². The van der Waals surface area contributed by atoms with Crippen molar-refractivity contribution in [3.05, 3.63) is 11.9 Å². The molecule has 5 nitrogen and oxygen atoms in total. The number of nitrogens with zero attached hydrogens (tertiary/aromatic N) is 3. The monoisotopic (exact) mass is 222 g/mol. The zero-order valence-electron chi connectivity index (χ0n) is 9.81. The molecular weight excluding hydrogens is 204 g/mol. The van der Waals surface area contributed by atoms with E-state index in [2.05, 4.69) is 15.6 Å². The number of aromatic nitrogens is 3. The average Bonchev–Trinajstić information content (AvgIpc) is 2.78. The van der Waals surface area contributed by atoms with Gasteiger partial charge in [-0.3, -0.25) is 4.79 Å². The third-order valence-electron chi connectivity index (χ3n) is 2.97. The molecule has 0 atom stereocenters. The van der Waals surface area contributed by atoms with Crippen LogP contribution in [0.4, 0.5) is 0 Å². The van der Waals surface area contributed by atoms with Crippen LogP contribution in [-0.4, -0.2) is 33.9 Å². The van der Waals surface area contributed by atoms with Crippen LogP contribution in [0.3, 0.4) is 0 Å². The van der Waals surface area contributed by atoms with Crippen molar-refractivity contribution in [2.45, 2.75) is 32.7 Å². The molecule has 0 bridgehead atoms. The summed E-state index contributed by atoms with van der Waals surface area (Å²) in [6.07, 6.45) is 3.90. The largest absolute Gasteiger partial charge is 0.317 e. The molecule has 1 N–H and O–H groups in total. The predicted octanol–water partition coefficient (Wildman–Crippen LogP) is 1.04. The maximum Gasteiger partial charge on any atom is 0.187 e. The number of hydrogen-bond donors (Lipinski definition) is 1. The first-order chi connectivity index (χ1) is 7.68. The summed E-state index contributed by atoms with van der Waals surface area (Å²) >= 11 is 0. The van der Waals surface area contributed by atoms with Crippen LogP contribution in [0.25, 0.3) is 0 Å². The lowest BCUT2D eigenvalue weighted by Crippen LogP contribution is -2.29. The van der Waals surface area contributed by atoms with Crippen LogP contribution in [0.15, 0.2) is 6.20 Å². The zero-order valence-corrected chi connectivity index (χ0v) is 9.81. The van der Waals surface area contributed by atoms with E-state index in [1.54, 1.807) is 6.20 Å². The van der Waals surface area contributed by atoms with Crippen molar-refractivity contribution in [2.24, 2.45) is 5.92 Å². The molecule has 1 aliphatic heterocycles. The van der Waals surface area contributed by atoms with Gasteiger partial charge in [-0.15, -0.1) is 5.10 Å². The number of carbonyl (C=O) groups is 1. The number of ketones is 1. The Morgan fingerprint density at radius 2 is 2.19 bits per heavy atom. The maximum atomic E-state index is 11.7. The van der Waals surface area contributed by atoms with Crippen molar-refractivity contribution in [1.29, 1.82) is 0 Å². The van der Waals surface area contributed by atoms with Gasteiger partial charge in [-0.2, -0.15) is 0 Å². The quantitative estimate of drug-likeness (QED) is 0.776. The van der Waals surface area contributed by atoms with Crippen LogP contribution >= 0.6 is 0 Å². The van der Waals surface area contributed by atoms with Crippen LogP contribution in [0, 0.1) is 5.92 Å². The summed E-state index contributed by atoms with van der Waals surface area (Å²) in [5.74, 6) is 0.0540. The SMILES string of the molecule is CC(C)C(=O)c1cn(C2CCNCC2)nn1. The van der Waals surface area contributed by atoms with Crippen LogP contribution in [0.1, 0.15) is 43.2 Å². The molecule has 0 radical (unpaired) electrons. The van der Waals surface area contributed by atoms with E-state index in [0.717, 1.165) is 25.9 Å². The fourth-order valence-electron chi connectivity index (χ4n) is 1.94. The highest BCUT2D eigenvalue weighted by Gasteiger charge is 2.19. The fourth-order valence-corrected chi connectivity index (χ4v) is 1.94. The molecule has 1 fully saturated rings. The van der Waals surface area contributed by atoms with Gasteiger partial charge in [0.1, 0.15) is 5.69 Å². The van der Waals surface area contributed by atoms with Gasteiger partial charge < -0.3 is 5.32 Å². The molecule has 0 amide bonds. The van der Waals surface area contributed by atoms with Gasteiger partial charge in [0.2, 0.25) is 0 Å². The third kappa shape index (κ3) is 2.29. The maximum absolute atomic E-state index is 11.7. The number of Topliss-reactive ketones (excluding diaryl/α,β-unsaturated/α-hetero) is 1. The van der Waals surface area contributed by atoms with E-state index >= 15 is 0 Å². The lowest BCUT2D eigenvalue weighted by Gasteiger charge is -2.22. The third-order valence-corrected chi connectivity index (χ3v) is 2.97. The Kier molecular flexibility index (Phi) is 3.33. The lowest BCUT2D eigenvalue weighted by atomic mass is 10.1. The molecule has 1 aromatic rings. The second kappa shape index (κ2) is 4.74. The summed E-state index contributed by atoms with van der Waals surface area (Å²) in [7, 11) is 0. The van der Waals surface area contributed by atoms with E-state index in [1.165, 1.54) is 0 Å². The molecule has 0 spiro atoms. The number of rotatable bonds is 3. The summed E-state index contributed by atoms with van der Waals surface area (Å²) in [6, 6.07) is 0.391.